The minimum absolute atomic E-state index is 0.822. The molecule has 0 amide bonds. The Bertz CT molecular complexity index is 214. The molecule has 0 aliphatic rings. The molecular formula is C23H48O. The second-order valence-corrected chi connectivity index (χ2v) is 7.76. The smallest absolute Gasteiger partial charge is 0.0494 e. The summed E-state index contributed by atoms with van der Waals surface area (Å²) in [5.74, 6) is 0.822. The standard InChI is InChI=1S/C23H48O/c1-4-7-10-12-13-15-18-21-24-22-23(19-16-9-6-3)20-17-14-11-8-5-2/h23H,4-22H2,1-3H3. The first kappa shape index (κ1) is 24.0. The van der Waals surface area contributed by atoms with Crippen LogP contribution in [0.4, 0.5) is 0 Å². The van der Waals surface area contributed by atoms with Gasteiger partial charge in [0.05, 0.1) is 0 Å². The van der Waals surface area contributed by atoms with Crippen LogP contribution in [-0.2, 0) is 4.74 Å². The molecule has 0 aromatic heterocycles. The van der Waals surface area contributed by atoms with Gasteiger partial charge in [-0.05, 0) is 25.2 Å². The molecule has 0 aromatic carbocycles. The van der Waals surface area contributed by atoms with E-state index >= 15 is 0 Å². The average Bonchev–Trinajstić information content (AvgIpc) is 2.59. The zero-order valence-corrected chi connectivity index (χ0v) is 17.4. The van der Waals surface area contributed by atoms with Crippen molar-refractivity contribution in [2.45, 2.75) is 130 Å². The molecule has 0 saturated carbocycles. The molecule has 24 heavy (non-hydrogen) atoms. The lowest BCUT2D eigenvalue weighted by molar-refractivity contribution is 0.0879. The van der Waals surface area contributed by atoms with Gasteiger partial charge in [0.25, 0.3) is 0 Å². The molecule has 0 aliphatic carbocycles. The van der Waals surface area contributed by atoms with Gasteiger partial charge < -0.3 is 4.74 Å². The SMILES string of the molecule is CCCCCCCCCOCC(CCCCC)CCCCCCC. The molecule has 0 N–H and O–H groups in total. The third-order valence-electron chi connectivity index (χ3n) is 5.18. The highest BCUT2D eigenvalue weighted by Crippen LogP contribution is 2.19. The topological polar surface area (TPSA) is 9.23 Å². The lowest BCUT2D eigenvalue weighted by Crippen LogP contribution is -2.11. The molecule has 1 nitrogen and oxygen atoms in total. The third kappa shape index (κ3) is 18.3. The maximum atomic E-state index is 6.03. The van der Waals surface area contributed by atoms with Crippen molar-refractivity contribution >= 4 is 0 Å². The fourth-order valence-corrected chi connectivity index (χ4v) is 3.44. The van der Waals surface area contributed by atoms with Gasteiger partial charge in [-0.25, -0.2) is 0 Å². The largest absolute Gasteiger partial charge is 0.381 e. The molecule has 0 radical (unpaired) electrons. The Morgan fingerprint density at radius 3 is 1.50 bits per heavy atom. The van der Waals surface area contributed by atoms with Gasteiger partial charge in [0.1, 0.15) is 0 Å². The van der Waals surface area contributed by atoms with Gasteiger partial charge in [0.15, 0.2) is 0 Å². The predicted octanol–water partition coefficient (Wildman–Crippen LogP) is 8.31. The lowest BCUT2D eigenvalue weighted by Gasteiger charge is -2.17. The quantitative estimate of drug-likeness (QED) is 0.202. The van der Waals surface area contributed by atoms with Crippen LogP contribution in [0.15, 0.2) is 0 Å². The summed E-state index contributed by atoms with van der Waals surface area (Å²) < 4.78 is 6.03. The summed E-state index contributed by atoms with van der Waals surface area (Å²) in [5, 5.41) is 0. The molecule has 1 unspecified atom stereocenters. The van der Waals surface area contributed by atoms with E-state index in [1.54, 1.807) is 0 Å². The van der Waals surface area contributed by atoms with E-state index in [4.69, 9.17) is 4.74 Å². The minimum Gasteiger partial charge on any atom is -0.381 e. The molecule has 0 spiro atoms. The van der Waals surface area contributed by atoms with E-state index in [1.807, 2.05) is 0 Å². The highest BCUT2D eigenvalue weighted by Gasteiger charge is 2.08. The van der Waals surface area contributed by atoms with E-state index in [2.05, 4.69) is 20.8 Å². The highest BCUT2D eigenvalue weighted by molar-refractivity contribution is 4.60. The zero-order valence-electron chi connectivity index (χ0n) is 17.4. The number of rotatable bonds is 20. The van der Waals surface area contributed by atoms with Crippen LogP contribution >= 0.6 is 0 Å². The first-order valence-corrected chi connectivity index (χ1v) is 11.4. The van der Waals surface area contributed by atoms with Crippen molar-refractivity contribution in [1.29, 1.82) is 0 Å². The second-order valence-electron chi connectivity index (χ2n) is 7.76. The van der Waals surface area contributed by atoms with Crippen LogP contribution in [0.1, 0.15) is 130 Å². The molecule has 0 saturated heterocycles. The highest BCUT2D eigenvalue weighted by atomic mass is 16.5. The van der Waals surface area contributed by atoms with Crippen LogP contribution < -0.4 is 0 Å². The Balaban J connectivity index is 3.59. The molecule has 0 aromatic rings. The van der Waals surface area contributed by atoms with E-state index in [0.29, 0.717) is 0 Å². The third-order valence-corrected chi connectivity index (χ3v) is 5.18. The maximum absolute atomic E-state index is 6.03. The molecule has 1 atom stereocenters. The Morgan fingerprint density at radius 2 is 0.917 bits per heavy atom. The Labute approximate surface area is 154 Å². The molecule has 146 valence electrons. The molecule has 0 rings (SSSR count). The summed E-state index contributed by atoms with van der Waals surface area (Å²) in [5.41, 5.74) is 0. The van der Waals surface area contributed by atoms with Gasteiger partial charge in [0, 0.05) is 13.2 Å². The van der Waals surface area contributed by atoms with Crippen molar-refractivity contribution in [2.75, 3.05) is 13.2 Å². The summed E-state index contributed by atoms with van der Waals surface area (Å²) in [4.78, 5) is 0. The monoisotopic (exact) mass is 340 g/mol. The van der Waals surface area contributed by atoms with Gasteiger partial charge in [-0.1, -0.05) is 111 Å². The fraction of sp³-hybridized carbons (Fsp3) is 1.00. The van der Waals surface area contributed by atoms with Crippen LogP contribution in [-0.4, -0.2) is 13.2 Å². The van der Waals surface area contributed by atoms with Crippen LogP contribution in [0.3, 0.4) is 0 Å². The zero-order chi connectivity index (χ0) is 17.7. The van der Waals surface area contributed by atoms with Crippen molar-refractivity contribution in [2.24, 2.45) is 5.92 Å². The molecule has 0 aliphatic heterocycles. The minimum atomic E-state index is 0.822. The first-order valence-electron chi connectivity index (χ1n) is 11.4. The summed E-state index contributed by atoms with van der Waals surface area (Å²) in [6.07, 6.45) is 23.6. The van der Waals surface area contributed by atoms with E-state index in [-0.39, 0.29) is 0 Å². The van der Waals surface area contributed by atoms with Crippen molar-refractivity contribution in [1.82, 2.24) is 0 Å². The van der Waals surface area contributed by atoms with Crippen LogP contribution in [0.25, 0.3) is 0 Å². The summed E-state index contributed by atoms with van der Waals surface area (Å²) in [6, 6.07) is 0. The number of ether oxygens (including phenoxy) is 1. The first-order chi connectivity index (χ1) is 11.8. The van der Waals surface area contributed by atoms with Crippen molar-refractivity contribution in [3.05, 3.63) is 0 Å². The fourth-order valence-electron chi connectivity index (χ4n) is 3.44. The Morgan fingerprint density at radius 1 is 0.500 bits per heavy atom. The number of unbranched alkanes of at least 4 members (excludes halogenated alkanes) is 12. The molecule has 0 heterocycles. The van der Waals surface area contributed by atoms with E-state index < -0.39 is 0 Å². The van der Waals surface area contributed by atoms with Gasteiger partial charge in [-0.2, -0.15) is 0 Å². The summed E-state index contributed by atoms with van der Waals surface area (Å²) in [6.45, 7) is 8.90. The van der Waals surface area contributed by atoms with Gasteiger partial charge in [0.2, 0.25) is 0 Å². The summed E-state index contributed by atoms with van der Waals surface area (Å²) >= 11 is 0. The Kier molecular flexibility index (Phi) is 21.0. The molecule has 0 fully saturated rings. The van der Waals surface area contributed by atoms with Crippen molar-refractivity contribution in [3.8, 4) is 0 Å². The van der Waals surface area contributed by atoms with Crippen LogP contribution in [0, 0.1) is 5.92 Å². The van der Waals surface area contributed by atoms with Gasteiger partial charge in [-0.3, -0.25) is 0 Å². The normalized spacial score (nSPS) is 12.6. The molecule has 1 heteroatoms. The van der Waals surface area contributed by atoms with Crippen LogP contribution in [0.5, 0.6) is 0 Å². The van der Waals surface area contributed by atoms with E-state index in [0.717, 1.165) is 19.1 Å². The van der Waals surface area contributed by atoms with Crippen molar-refractivity contribution < 1.29 is 4.74 Å². The van der Waals surface area contributed by atoms with Gasteiger partial charge in [-0.15, -0.1) is 0 Å². The van der Waals surface area contributed by atoms with Gasteiger partial charge >= 0.3 is 0 Å². The van der Waals surface area contributed by atoms with E-state index in [1.165, 1.54) is 109 Å². The second kappa shape index (κ2) is 21.0. The van der Waals surface area contributed by atoms with Crippen molar-refractivity contribution in [3.63, 3.8) is 0 Å². The number of hydrogen-bond donors (Lipinski definition) is 0. The summed E-state index contributed by atoms with van der Waals surface area (Å²) in [7, 11) is 0. The molecule has 0 bridgehead atoms. The Hall–Kier alpha value is -0.0400. The number of hydrogen-bond acceptors (Lipinski definition) is 1. The van der Waals surface area contributed by atoms with E-state index in [9.17, 15) is 0 Å². The average molecular weight is 341 g/mol. The molecular weight excluding hydrogens is 292 g/mol. The maximum Gasteiger partial charge on any atom is 0.0494 e. The predicted molar refractivity (Wildman–Crippen MR) is 110 cm³/mol. The van der Waals surface area contributed by atoms with Crippen LogP contribution in [0.2, 0.25) is 0 Å². The lowest BCUT2D eigenvalue weighted by atomic mass is 9.95.